The molecule has 1 amide bonds. The summed E-state index contributed by atoms with van der Waals surface area (Å²) in [4.78, 5) is 27.9. The topological polar surface area (TPSA) is 106 Å². The molecule has 1 atom stereocenters. The van der Waals surface area contributed by atoms with E-state index in [4.69, 9.17) is 25.8 Å². The maximum atomic E-state index is 13.4. The maximum absolute atomic E-state index is 13.4. The fourth-order valence-corrected chi connectivity index (χ4v) is 4.20. The Bertz CT molecular complexity index is 1350. The minimum atomic E-state index is -1.06. The number of carbonyl (C=O) groups excluding carboxylic acids is 2. The fraction of sp³-hybridized carbons (Fsp3) is 0.154. The predicted octanol–water partition coefficient (Wildman–Crippen LogP) is 4.70. The zero-order valence-corrected chi connectivity index (χ0v) is 19.9. The number of ether oxygens (including phenoxy) is 3. The van der Waals surface area contributed by atoms with Gasteiger partial charge in [-0.3, -0.25) is 14.5 Å². The van der Waals surface area contributed by atoms with E-state index in [0.29, 0.717) is 22.7 Å². The molecule has 0 radical (unpaired) electrons. The fourth-order valence-electron chi connectivity index (χ4n) is 4.01. The number of Topliss-reactive ketones (excluding diaryl/α,β-unsaturated/α-hetero) is 1. The zero-order valence-electron chi connectivity index (χ0n) is 19.1. The number of benzene rings is 3. The van der Waals surface area contributed by atoms with Gasteiger partial charge >= 0.3 is 0 Å². The average molecular weight is 496 g/mol. The maximum Gasteiger partial charge on any atom is 0.300 e. The molecule has 3 aromatic carbocycles. The molecule has 1 fully saturated rings. The first-order valence-corrected chi connectivity index (χ1v) is 10.8. The van der Waals surface area contributed by atoms with E-state index in [2.05, 4.69) is 0 Å². The normalized spacial score (nSPS) is 16.9. The van der Waals surface area contributed by atoms with Crippen LogP contribution in [0.1, 0.15) is 17.2 Å². The summed E-state index contributed by atoms with van der Waals surface area (Å²) >= 11 is 6.16. The second kappa shape index (κ2) is 9.60. The van der Waals surface area contributed by atoms with Crippen molar-refractivity contribution in [2.45, 2.75) is 6.04 Å². The van der Waals surface area contributed by atoms with E-state index in [1.807, 2.05) is 0 Å². The molecule has 0 aliphatic carbocycles. The van der Waals surface area contributed by atoms with Crippen molar-refractivity contribution >= 4 is 34.7 Å². The van der Waals surface area contributed by atoms with Gasteiger partial charge in [0.05, 0.1) is 43.5 Å². The lowest BCUT2D eigenvalue weighted by atomic mass is 9.94. The highest BCUT2D eigenvalue weighted by molar-refractivity contribution is 6.51. The van der Waals surface area contributed by atoms with Crippen LogP contribution >= 0.6 is 11.6 Å². The third-order valence-corrected chi connectivity index (χ3v) is 6.03. The number of hydrogen-bond acceptors (Lipinski definition) is 7. The number of rotatable bonds is 6. The smallest absolute Gasteiger partial charge is 0.300 e. The van der Waals surface area contributed by atoms with Gasteiger partial charge in [0.25, 0.3) is 11.7 Å². The van der Waals surface area contributed by atoms with Gasteiger partial charge in [-0.25, -0.2) is 0 Å². The zero-order chi connectivity index (χ0) is 25.3. The molecule has 1 unspecified atom stereocenters. The van der Waals surface area contributed by atoms with Crippen LogP contribution in [0.15, 0.2) is 66.2 Å². The first-order chi connectivity index (χ1) is 16.8. The van der Waals surface area contributed by atoms with Crippen molar-refractivity contribution in [1.29, 1.82) is 0 Å². The van der Waals surface area contributed by atoms with E-state index in [-0.39, 0.29) is 27.7 Å². The lowest BCUT2D eigenvalue weighted by Gasteiger charge is -2.26. The van der Waals surface area contributed by atoms with Crippen LogP contribution in [0.2, 0.25) is 5.02 Å². The van der Waals surface area contributed by atoms with Gasteiger partial charge in [-0.05, 0) is 48.0 Å². The van der Waals surface area contributed by atoms with Crippen LogP contribution in [0.3, 0.4) is 0 Å². The van der Waals surface area contributed by atoms with Gasteiger partial charge in [-0.15, -0.1) is 0 Å². The average Bonchev–Trinajstić information content (AvgIpc) is 3.15. The second-order valence-corrected chi connectivity index (χ2v) is 8.05. The third kappa shape index (κ3) is 4.24. The number of aromatic hydroxyl groups is 1. The Morgan fingerprint density at radius 2 is 1.63 bits per heavy atom. The van der Waals surface area contributed by atoms with E-state index in [9.17, 15) is 19.8 Å². The van der Waals surface area contributed by atoms with Crippen LogP contribution in [0.4, 0.5) is 5.69 Å². The summed E-state index contributed by atoms with van der Waals surface area (Å²) in [5.74, 6) is -1.19. The minimum absolute atomic E-state index is 0.0256. The molecule has 2 N–H and O–H groups in total. The number of halogens is 1. The number of aliphatic hydroxyl groups excluding tert-OH is 1. The van der Waals surface area contributed by atoms with E-state index in [1.54, 1.807) is 36.4 Å². The lowest BCUT2D eigenvalue weighted by Crippen LogP contribution is -2.29. The lowest BCUT2D eigenvalue weighted by molar-refractivity contribution is -0.132. The van der Waals surface area contributed by atoms with Crippen LogP contribution in [0.5, 0.6) is 23.0 Å². The molecule has 4 rings (SSSR count). The molecule has 0 spiro atoms. The van der Waals surface area contributed by atoms with Gasteiger partial charge < -0.3 is 24.4 Å². The van der Waals surface area contributed by atoms with Gasteiger partial charge in [0.2, 0.25) is 0 Å². The summed E-state index contributed by atoms with van der Waals surface area (Å²) in [5.41, 5.74) is 0.770. The highest BCUT2D eigenvalue weighted by Crippen LogP contribution is 2.45. The van der Waals surface area contributed by atoms with Crippen molar-refractivity contribution in [3.8, 4) is 23.0 Å². The molecular formula is C26H22ClNO7. The standard InChI is InChI=1S/C26H22ClNO7/c1-33-16-6-4-5-15(12-16)28-23(14-7-9-20(29)19(27)11-14)22(25(31)26(28)32)24(30)18-13-17(34-2)8-10-21(18)35-3/h4-13,23,29-30H,1-3H3/b24-22+. The molecule has 1 aliphatic rings. The van der Waals surface area contributed by atoms with E-state index >= 15 is 0 Å². The van der Waals surface area contributed by atoms with Gasteiger partial charge in [-0.2, -0.15) is 0 Å². The van der Waals surface area contributed by atoms with E-state index < -0.39 is 23.5 Å². The molecule has 8 nitrogen and oxygen atoms in total. The number of methoxy groups -OCH3 is 3. The molecule has 3 aromatic rings. The Morgan fingerprint density at radius 3 is 2.29 bits per heavy atom. The largest absolute Gasteiger partial charge is 0.507 e. The van der Waals surface area contributed by atoms with E-state index in [1.165, 1.54) is 50.5 Å². The Balaban J connectivity index is 2.00. The number of amides is 1. The van der Waals surface area contributed by atoms with Crippen LogP contribution in [0.25, 0.3) is 5.76 Å². The number of anilines is 1. The molecule has 1 saturated heterocycles. The van der Waals surface area contributed by atoms with E-state index in [0.717, 1.165) is 0 Å². The second-order valence-electron chi connectivity index (χ2n) is 7.65. The molecule has 35 heavy (non-hydrogen) atoms. The third-order valence-electron chi connectivity index (χ3n) is 5.73. The summed E-state index contributed by atoms with van der Waals surface area (Å²) in [5, 5.41) is 21.4. The molecule has 0 aromatic heterocycles. The van der Waals surface area contributed by atoms with Crippen molar-refractivity contribution < 1.29 is 34.0 Å². The van der Waals surface area contributed by atoms with Gasteiger partial charge in [0.15, 0.2) is 0 Å². The van der Waals surface area contributed by atoms with Gasteiger partial charge in [0.1, 0.15) is 28.8 Å². The quantitative estimate of drug-likeness (QED) is 0.290. The first-order valence-electron chi connectivity index (χ1n) is 10.5. The molecule has 0 bridgehead atoms. The Hall–Kier alpha value is -4.17. The highest BCUT2D eigenvalue weighted by Gasteiger charge is 2.47. The van der Waals surface area contributed by atoms with Crippen LogP contribution in [-0.4, -0.2) is 43.2 Å². The number of phenolic OH excluding ortho intramolecular Hbond substituents is 1. The van der Waals surface area contributed by atoms with Crippen molar-refractivity contribution in [2.75, 3.05) is 26.2 Å². The molecule has 180 valence electrons. The Morgan fingerprint density at radius 1 is 0.914 bits per heavy atom. The molecular weight excluding hydrogens is 474 g/mol. The number of hydrogen-bond donors (Lipinski definition) is 2. The summed E-state index contributed by atoms with van der Waals surface area (Å²) in [7, 11) is 4.37. The van der Waals surface area contributed by atoms with Gasteiger partial charge in [-0.1, -0.05) is 23.7 Å². The predicted molar refractivity (Wildman–Crippen MR) is 130 cm³/mol. The van der Waals surface area contributed by atoms with Crippen LogP contribution < -0.4 is 19.1 Å². The molecule has 1 heterocycles. The molecule has 9 heteroatoms. The minimum Gasteiger partial charge on any atom is -0.507 e. The number of aliphatic hydroxyl groups is 1. The molecule has 1 aliphatic heterocycles. The van der Waals surface area contributed by atoms with Crippen molar-refractivity contribution in [3.63, 3.8) is 0 Å². The van der Waals surface area contributed by atoms with Crippen molar-refractivity contribution in [1.82, 2.24) is 0 Å². The monoisotopic (exact) mass is 495 g/mol. The number of carbonyl (C=O) groups is 2. The Kier molecular flexibility index (Phi) is 6.57. The summed E-state index contributed by atoms with van der Waals surface area (Å²) in [6.07, 6.45) is 0. The number of phenols is 1. The number of nitrogens with zero attached hydrogens (tertiary/aromatic N) is 1. The van der Waals surface area contributed by atoms with Crippen molar-refractivity contribution in [3.05, 3.63) is 82.4 Å². The highest BCUT2D eigenvalue weighted by atomic mass is 35.5. The van der Waals surface area contributed by atoms with Crippen molar-refractivity contribution in [2.24, 2.45) is 0 Å². The Labute approximate surface area is 206 Å². The SMILES string of the molecule is COc1cccc(N2C(=O)C(=O)/C(=C(/O)c3cc(OC)ccc3OC)C2c2ccc(O)c(Cl)c2)c1. The summed E-state index contributed by atoms with van der Waals surface area (Å²) in [6, 6.07) is 14.6. The summed E-state index contributed by atoms with van der Waals surface area (Å²) < 4.78 is 15.9. The first kappa shape index (κ1) is 24.0. The van der Waals surface area contributed by atoms with Gasteiger partial charge in [0, 0.05) is 11.8 Å². The number of ketones is 1. The summed E-state index contributed by atoms with van der Waals surface area (Å²) in [6.45, 7) is 0. The molecule has 0 saturated carbocycles. The van der Waals surface area contributed by atoms with Crippen LogP contribution in [0, 0.1) is 0 Å². The van der Waals surface area contributed by atoms with Crippen LogP contribution in [-0.2, 0) is 9.59 Å².